The van der Waals surface area contributed by atoms with Crippen molar-refractivity contribution in [2.24, 2.45) is 0 Å². The van der Waals surface area contributed by atoms with Gasteiger partial charge in [-0.25, -0.2) is 4.57 Å². The van der Waals surface area contributed by atoms with Crippen LogP contribution in [0.3, 0.4) is 0 Å². The number of rotatable bonds is 38. The highest BCUT2D eigenvalue weighted by atomic mass is 31.2. The van der Waals surface area contributed by atoms with E-state index in [0.29, 0.717) is 13.0 Å². The van der Waals surface area contributed by atoms with Crippen molar-refractivity contribution in [2.75, 3.05) is 19.8 Å². The molecule has 0 aromatic heterocycles. The summed E-state index contributed by atoms with van der Waals surface area (Å²) in [6.45, 7) is 4.25. The molecular formula is C43H83O12P. The topological polar surface area (TPSA) is 192 Å². The Balaban J connectivity index is 2.40. The molecule has 0 radical (unpaired) electrons. The van der Waals surface area contributed by atoms with E-state index in [1.54, 1.807) is 0 Å². The Hall–Kier alpha value is -0.920. The summed E-state index contributed by atoms with van der Waals surface area (Å²) in [5.41, 5.74) is 0. The SMILES string of the molecule is CCCCCC/C=C\CCCCCCCC(=O)OC(COCCCCCCCCCCCCCCCCCC)COP(=O)(O)OC1C(O)C(O)C(O)C(O)C1O. The summed E-state index contributed by atoms with van der Waals surface area (Å²) in [6.07, 6.45) is 24.2. The molecule has 1 aliphatic rings. The van der Waals surface area contributed by atoms with Gasteiger partial charge < -0.3 is 39.9 Å². The zero-order valence-electron chi connectivity index (χ0n) is 35.2. The van der Waals surface area contributed by atoms with E-state index in [9.17, 15) is 39.8 Å². The van der Waals surface area contributed by atoms with Crippen LogP contribution in [0.1, 0.15) is 194 Å². The van der Waals surface area contributed by atoms with E-state index >= 15 is 0 Å². The van der Waals surface area contributed by atoms with Gasteiger partial charge in [0.25, 0.3) is 0 Å². The van der Waals surface area contributed by atoms with E-state index in [1.165, 1.54) is 109 Å². The van der Waals surface area contributed by atoms with Gasteiger partial charge in [-0.1, -0.05) is 161 Å². The Morgan fingerprint density at radius 2 is 0.946 bits per heavy atom. The van der Waals surface area contributed by atoms with Crippen LogP contribution in [-0.4, -0.2) is 98.9 Å². The largest absolute Gasteiger partial charge is 0.472 e. The molecule has 0 aliphatic heterocycles. The predicted octanol–water partition coefficient (Wildman–Crippen LogP) is 8.75. The zero-order valence-corrected chi connectivity index (χ0v) is 36.1. The van der Waals surface area contributed by atoms with Gasteiger partial charge in [0.15, 0.2) is 0 Å². The van der Waals surface area contributed by atoms with Crippen LogP contribution in [0.25, 0.3) is 0 Å². The smallest absolute Gasteiger partial charge is 0.457 e. The minimum absolute atomic E-state index is 0.0745. The van der Waals surface area contributed by atoms with Crippen molar-refractivity contribution in [1.82, 2.24) is 0 Å². The van der Waals surface area contributed by atoms with Crippen LogP contribution in [0.15, 0.2) is 12.2 Å². The highest BCUT2D eigenvalue weighted by Crippen LogP contribution is 2.47. The minimum atomic E-state index is -5.01. The van der Waals surface area contributed by atoms with Crippen LogP contribution in [0.2, 0.25) is 0 Å². The summed E-state index contributed by atoms with van der Waals surface area (Å²) >= 11 is 0. The Kier molecular flexibility index (Phi) is 33.1. The van der Waals surface area contributed by atoms with Crippen LogP contribution in [0.5, 0.6) is 0 Å². The number of phosphoric acid groups is 1. The molecular weight excluding hydrogens is 739 g/mol. The number of aliphatic hydroxyl groups excluding tert-OH is 5. The quantitative estimate of drug-likeness (QED) is 0.0150. The molecule has 6 unspecified atom stereocenters. The van der Waals surface area contributed by atoms with E-state index in [2.05, 4.69) is 26.0 Å². The Morgan fingerprint density at radius 1 is 0.554 bits per heavy atom. The molecule has 0 bridgehead atoms. The summed E-state index contributed by atoms with van der Waals surface area (Å²) in [5, 5.41) is 50.1. The van der Waals surface area contributed by atoms with Crippen LogP contribution in [0.4, 0.5) is 0 Å². The van der Waals surface area contributed by atoms with Gasteiger partial charge in [0.05, 0.1) is 13.2 Å². The molecule has 56 heavy (non-hydrogen) atoms. The second-order valence-electron chi connectivity index (χ2n) is 15.9. The molecule has 0 saturated heterocycles. The standard InChI is InChI=1S/C43H83O12P/c1-3-5-7-9-11-13-15-17-18-19-21-23-25-27-29-31-33-52-34-36(35-53-56(50,51)55-43-41(48)39(46)38(45)40(47)42(43)49)54-37(44)32-30-28-26-24-22-20-16-14-12-10-8-6-4-2/h14,16,36,38-43,45-49H,3-13,15,17-35H2,1-2H3,(H,50,51)/b16-14-. The summed E-state index contributed by atoms with van der Waals surface area (Å²) in [5.74, 6) is -0.484. The molecule has 0 spiro atoms. The maximum atomic E-state index is 12.8. The van der Waals surface area contributed by atoms with Gasteiger partial charge in [0.2, 0.25) is 0 Å². The van der Waals surface area contributed by atoms with Crippen molar-refractivity contribution in [2.45, 2.75) is 236 Å². The summed E-state index contributed by atoms with van der Waals surface area (Å²) in [6, 6.07) is 0. The number of phosphoric ester groups is 1. The molecule has 1 fully saturated rings. The van der Waals surface area contributed by atoms with Gasteiger partial charge in [0, 0.05) is 13.0 Å². The molecule has 1 saturated carbocycles. The molecule has 6 N–H and O–H groups in total. The van der Waals surface area contributed by atoms with Gasteiger partial charge in [-0.05, 0) is 38.5 Å². The van der Waals surface area contributed by atoms with Gasteiger partial charge in [-0.2, -0.15) is 0 Å². The summed E-state index contributed by atoms with van der Waals surface area (Å²) in [7, 11) is -5.01. The fourth-order valence-electron chi connectivity index (χ4n) is 7.00. The lowest BCUT2D eigenvalue weighted by atomic mass is 9.85. The fraction of sp³-hybridized carbons (Fsp3) is 0.930. The third kappa shape index (κ3) is 27.0. The van der Waals surface area contributed by atoms with Crippen LogP contribution < -0.4 is 0 Å². The number of unbranched alkanes of at least 4 members (excludes halogenated alkanes) is 24. The average molecular weight is 823 g/mol. The van der Waals surface area contributed by atoms with Crippen molar-refractivity contribution >= 4 is 13.8 Å². The number of allylic oxidation sites excluding steroid dienone is 2. The summed E-state index contributed by atoms with van der Waals surface area (Å²) < 4.78 is 34.1. The molecule has 12 nitrogen and oxygen atoms in total. The first-order chi connectivity index (χ1) is 27.0. The van der Waals surface area contributed by atoms with Crippen molar-refractivity contribution in [3.05, 3.63) is 12.2 Å². The molecule has 13 heteroatoms. The lowest BCUT2D eigenvalue weighted by Gasteiger charge is -2.41. The van der Waals surface area contributed by atoms with E-state index in [-0.39, 0.29) is 13.0 Å². The molecule has 0 aromatic rings. The van der Waals surface area contributed by atoms with E-state index in [0.717, 1.165) is 57.8 Å². The van der Waals surface area contributed by atoms with Gasteiger partial charge >= 0.3 is 13.8 Å². The molecule has 332 valence electrons. The first-order valence-electron chi connectivity index (χ1n) is 22.5. The third-order valence-corrected chi connectivity index (χ3v) is 11.6. The number of esters is 1. The van der Waals surface area contributed by atoms with Crippen LogP contribution in [0, 0.1) is 0 Å². The highest BCUT2D eigenvalue weighted by molar-refractivity contribution is 7.47. The number of aliphatic hydroxyl groups is 5. The van der Waals surface area contributed by atoms with Gasteiger partial charge in [0.1, 0.15) is 42.7 Å². The normalized spacial score (nSPS) is 23.1. The Morgan fingerprint density at radius 3 is 1.43 bits per heavy atom. The molecule has 1 aliphatic carbocycles. The number of ether oxygens (including phenoxy) is 2. The monoisotopic (exact) mass is 823 g/mol. The van der Waals surface area contributed by atoms with Crippen LogP contribution in [-0.2, 0) is 27.9 Å². The molecule has 0 amide bonds. The molecule has 6 atom stereocenters. The third-order valence-electron chi connectivity index (χ3n) is 10.6. The maximum Gasteiger partial charge on any atom is 0.472 e. The number of hydrogen-bond acceptors (Lipinski definition) is 11. The fourth-order valence-corrected chi connectivity index (χ4v) is 7.97. The second kappa shape index (κ2) is 34.9. The van der Waals surface area contributed by atoms with Gasteiger partial charge in [-0.15, -0.1) is 0 Å². The minimum Gasteiger partial charge on any atom is -0.457 e. The highest BCUT2D eigenvalue weighted by Gasteiger charge is 2.51. The molecule has 0 heterocycles. The van der Waals surface area contributed by atoms with Crippen LogP contribution >= 0.6 is 7.82 Å². The first-order valence-corrected chi connectivity index (χ1v) is 24.0. The molecule has 0 aromatic carbocycles. The number of carbonyl (C=O) groups excluding carboxylic acids is 1. The van der Waals surface area contributed by atoms with Gasteiger partial charge in [-0.3, -0.25) is 13.8 Å². The summed E-state index contributed by atoms with van der Waals surface area (Å²) in [4.78, 5) is 23.1. The first kappa shape index (κ1) is 53.1. The predicted molar refractivity (Wildman–Crippen MR) is 221 cm³/mol. The Labute approximate surface area is 339 Å². The van der Waals surface area contributed by atoms with Crippen molar-refractivity contribution in [3.8, 4) is 0 Å². The maximum absolute atomic E-state index is 12.8. The van der Waals surface area contributed by atoms with E-state index in [4.69, 9.17) is 18.5 Å². The van der Waals surface area contributed by atoms with Crippen molar-refractivity contribution in [1.29, 1.82) is 0 Å². The lowest BCUT2D eigenvalue weighted by molar-refractivity contribution is -0.220. The number of hydrogen-bond donors (Lipinski definition) is 6. The molecule has 1 rings (SSSR count). The lowest BCUT2D eigenvalue weighted by Crippen LogP contribution is -2.64. The van der Waals surface area contributed by atoms with E-state index in [1.807, 2.05) is 0 Å². The zero-order chi connectivity index (χ0) is 41.3. The second-order valence-corrected chi connectivity index (χ2v) is 17.3. The number of carbonyl (C=O) groups is 1. The Bertz CT molecular complexity index is 984. The average Bonchev–Trinajstić information content (AvgIpc) is 3.18. The van der Waals surface area contributed by atoms with E-state index < -0.39 is 63.1 Å². The van der Waals surface area contributed by atoms with Crippen molar-refractivity contribution in [3.63, 3.8) is 0 Å². The van der Waals surface area contributed by atoms with Crippen molar-refractivity contribution < 1.29 is 58.3 Å².